The number of aliphatic imine (C=N–C) groups is 1. The van der Waals surface area contributed by atoms with Gasteiger partial charge in [0.15, 0.2) is 5.17 Å². The van der Waals surface area contributed by atoms with Gasteiger partial charge in [-0.1, -0.05) is 18.2 Å². The van der Waals surface area contributed by atoms with E-state index in [2.05, 4.69) is 9.89 Å². The van der Waals surface area contributed by atoms with E-state index in [4.69, 9.17) is 9.47 Å². The van der Waals surface area contributed by atoms with Crippen molar-refractivity contribution >= 4 is 28.9 Å². The van der Waals surface area contributed by atoms with E-state index in [0.717, 1.165) is 29.6 Å². The summed E-state index contributed by atoms with van der Waals surface area (Å²) in [5, 5.41) is 0.772. The van der Waals surface area contributed by atoms with Crippen molar-refractivity contribution in [2.75, 3.05) is 32.9 Å². The quantitative estimate of drug-likeness (QED) is 0.801. The van der Waals surface area contributed by atoms with E-state index < -0.39 is 0 Å². The van der Waals surface area contributed by atoms with Crippen LogP contribution in [0.2, 0.25) is 0 Å². The molecule has 1 aromatic carbocycles. The lowest BCUT2D eigenvalue weighted by Crippen LogP contribution is -2.38. The highest BCUT2D eigenvalue weighted by atomic mass is 32.2. The molecule has 1 saturated heterocycles. The van der Waals surface area contributed by atoms with Crippen LogP contribution >= 0.6 is 11.8 Å². The third-order valence-electron chi connectivity index (χ3n) is 3.40. The number of hydrogen-bond donors (Lipinski definition) is 0. The summed E-state index contributed by atoms with van der Waals surface area (Å²) in [4.78, 5) is 19.0. The Balaban J connectivity index is 1.78. The zero-order valence-electron chi connectivity index (χ0n) is 12.4. The van der Waals surface area contributed by atoms with Crippen LogP contribution in [0.5, 0.6) is 5.75 Å². The van der Waals surface area contributed by atoms with Crippen molar-refractivity contribution in [3.8, 4) is 5.75 Å². The molecule has 2 aliphatic heterocycles. The molecular formula is C16H18N2O3S. The first-order valence-electron chi connectivity index (χ1n) is 7.35. The Morgan fingerprint density at radius 1 is 1.36 bits per heavy atom. The average Bonchev–Trinajstić information content (AvgIpc) is 2.91. The Morgan fingerprint density at radius 2 is 2.14 bits per heavy atom. The van der Waals surface area contributed by atoms with Crippen LogP contribution in [-0.4, -0.2) is 48.9 Å². The van der Waals surface area contributed by atoms with Gasteiger partial charge in [-0.25, -0.2) is 0 Å². The van der Waals surface area contributed by atoms with Gasteiger partial charge in [-0.2, -0.15) is 4.99 Å². The number of morpholine rings is 1. The lowest BCUT2D eigenvalue weighted by atomic mass is 10.2. The van der Waals surface area contributed by atoms with Gasteiger partial charge in [0, 0.05) is 18.7 Å². The Labute approximate surface area is 134 Å². The maximum Gasteiger partial charge on any atom is 0.286 e. The van der Waals surface area contributed by atoms with Crippen LogP contribution in [-0.2, 0) is 9.53 Å². The van der Waals surface area contributed by atoms with Gasteiger partial charge in [0.05, 0.1) is 24.7 Å². The number of nitrogens with zero attached hydrogens (tertiary/aromatic N) is 2. The highest BCUT2D eigenvalue weighted by Crippen LogP contribution is 2.32. The Kier molecular flexibility index (Phi) is 4.80. The van der Waals surface area contributed by atoms with Crippen molar-refractivity contribution in [2.24, 2.45) is 4.99 Å². The lowest BCUT2D eigenvalue weighted by molar-refractivity contribution is -0.113. The van der Waals surface area contributed by atoms with Gasteiger partial charge in [0.1, 0.15) is 5.75 Å². The number of amides is 1. The van der Waals surface area contributed by atoms with Crippen molar-refractivity contribution in [3.05, 3.63) is 34.7 Å². The number of carbonyl (C=O) groups is 1. The molecule has 0 spiro atoms. The van der Waals surface area contributed by atoms with Crippen LogP contribution in [0.25, 0.3) is 6.08 Å². The molecule has 116 valence electrons. The van der Waals surface area contributed by atoms with Gasteiger partial charge in [-0.15, -0.1) is 0 Å². The van der Waals surface area contributed by atoms with Crippen molar-refractivity contribution < 1.29 is 14.3 Å². The molecule has 3 rings (SSSR count). The molecule has 1 fully saturated rings. The fraction of sp³-hybridized carbons (Fsp3) is 0.375. The first kappa shape index (κ1) is 15.1. The minimum atomic E-state index is -0.183. The summed E-state index contributed by atoms with van der Waals surface area (Å²) < 4.78 is 10.9. The Morgan fingerprint density at radius 3 is 2.91 bits per heavy atom. The molecule has 2 aliphatic rings. The monoisotopic (exact) mass is 318 g/mol. The molecule has 2 heterocycles. The third-order valence-corrected chi connectivity index (χ3v) is 4.44. The van der Waals surface area contributed by atoms with Crippen LogP contribution in [0.1, 0.15) is 12.5 Å². The first-order valence-corrected chi connectivity index (χ1v) is 8.16. The van der Waals surface area contributed by atoms with Gasteiger partial charge >= 0.3 is 0 Å². The molecule has 0 aromatic heterocycles. The van der Waals surface area contributed by atoms with E-state index >= 15 is 0 Å². The molecule has 0 unspecified atom stereocenters. The standard InChI is InChI=1S/C16H18N2O3S/c1-2-21-13-6-4-3-5-12(13)11-14-15(19)17-16(22-14)18-7-9-20-10-8-18/h3-6,11H,2,7-10H2,1H3/b14-11+. The van der Waals surface area contributed by atoms with Gasteiger partial charge < -0.3 is 14.4 Å². The Bertz CT molecular complexity index is 622. The summed E-state index contributed by atoms with van der Waals surface area (Å²) >= 11 is 1.42. The second kappa shape index (κ2) is 6.98. The summed E-state index contributed by atoms with van der Waals surface area (Å²) in [5.74, 6) is 0.600. The highest BCUT2D eigenvalue weighted by Gasteiger charge is 2.27. The summed E-state index contributed by atoms with van der Waals surface area (Å²) in [6, 6.07) is 7.71. The fourth-order valence-corrected chi connectivity index (χ4v) is 3.27. The SMILES string of the molecule is CCOc1ccccc1/C=C1/SC(N2CCOCC2)=NC1=O. The second-order valence-corrected chi connectivity index (χ2v) is 5.89. The minimum Gasteiger partial charge on any atom is -0.493 e. The largest absolute Gasteiger partial charge is 0.493 e. The van der Waals surface area contributed by atoms with Crippen molar-refractivity contribution in [2.45, 2.75) is 6.92 Å². The maximum atomic E-state index is 12.1. The summed E-state index contributed by atoms with van der Waals surface area (Å²) in [6.45, 7) is 5.46. The zero-order chi connectivity index (χ0) is 15.4. The van der Waals surface area contributed by atoms with E-state index in [9.17, 15) is 4.79 Å². The first-order chi connectivity index (χ1) is 10.8. The summed E-state index contributed by atoms with van der Waals surface area (Å²) in [6.07, 6.45) is 1.86. The van der Waals surface area contributed by atoms with Crippen molar-refractivity contribution in [3.63, 3.8) is 0 Å². The molecule has 5 nitrogen and oxygen atoms in total. The van der Waals surface area contributed by atoms with E-state index in [1.165, 1.54) is 11.8 Å². The highest BCUT2D eigenvalue weighted by molar-refractivity contribution is 8.18. The van der Waals surface area contributed by atoms with Crippen molar-refractivity contribution in [1.82, 2.24) is 4.90 Å². The molecule has 22 heavy (non-hydrogen) atoms. The number of ether oxygens (including phenoxy) is 2. The van der Waals surface area contributed by atoms with Crippen molar-refractivity contribution in [1.29, 1.82) is 0 Å². The van der Waals surface area contributed by atoms with Crippen LogP contribution in [0.4, 0.5) is 0 Å². The molecule has 0 aliphatic carbocycles. The van der Waals surface area contributed by atoms with Crippen LogP contribution in [0, 0.1) is 0 Å². The van der Waals surface area contributed by atoms with Gasteiger partial charge in [0.25, 0.3) is 5.91 Å². The number of para-hydroxylation sites is 1. The maximum absolute atomic E-state index is 12.1. The summed E-state index contributed by atoms with van der Waals surface area (Å²) in [5.41, 5.74) is 0.902. The number of rotatable bonds is 3. The van der Waals surface area contributed by atoms with Crippen LogP contribution in [0.15, 0.2) is 34.2 Å². The molecule has 1 aromatic rings. The molecule has 6 heteroatoms. The molecule has 1 amide bonds. The predicted octanol–water partition coefficient (Wildman–Crippen LogP) is 2.39. The van der Waals surface area contributed by atoms with Gasteiger partial charge in [-0.05, 0) is 30.8 Å². The van der Waals surface area contributed by atoms with E-state index in [1.807, 2.05) is 37.3 Å². The predicted molar refractivity (Wildman–Crippen MR) is 88.0 cm³/mol. The zero-order valence-corrected chi connectivity index (χ0v) is 13.3. The molecule has 0 radical (unpaired) electrons. The topological polar surface area (TPSA) is 51.1 Å². The number of thioether (sulfide) groups is 1. The minimum absolute atomic E-state index is 0.183. The number of carbonyl (C=O) groups excluding carboxylic acids is 1. The number of hydrogen-bond acceptors (Lipinski definition) is 5. The summed E-state index contributed by atoms with van der Waals surface area (Å²) in [7, 11) is 0. The smallest absolute Gasteiger partial charge is 0.286 e. The second-order valence-electron chi connectivity index (χ2n) is 4.88. The number of benzene rings is 1. The molecule has 0 saturated carbocycles. The molecular weight excluding hydrogens is 300 g/mol. The number of amidine groups is 1. The van der Waals surface area contributed by atoms with E-state index in [0.29, 0.717) is 24.7 Å². The van der Waals surface area contributed by atoms with Gasteiger partial charge in [0.2, 0.25) is 0 Å². The third kappa shape index (κ3) is 3.34. The van der Waals surface area contributed by atoms with Crippen LogP contribution < -0.4 is 4.74 Å². The molecule has 0 bridgehead atoms. The average molecular weight is 318 g/mol. The fourth-order valence-electron chi connectivity index (χ4n) is 2.32. The normalized spacial score (nSPS) is 20.4. The van der Waals surface area contributed by atoms with Crippen LogP contribution in [0.3, 0.4) is 0 Å². The van der Waals surface area contributed by atoms with Gasteiger partial charge in [-0.3, -0.25) is 4.79 Å². The van der Waals surface area contributed by atoms with E-state index in [-0.39, 0.29) is 5.91 Å². The molecule has 0 N–H and O–H groups in total. The lowest BCUT2D eigenvalue weighted by Gasteiger charge is -2.27. The van der Waals surface area contributed by atoms with E-state index in [1.54, 1.807) is 0 Å². The Hall–Kier alpha value is -1.79. The molecule has 0 atom stereocenters.